The van der Waals surface area contributed by atoms with E-state index in [2.05, 4.69) is 0 Å². The van der Waals surface area contributed by atoms with Gasteiger partial charge in [0.2, 0.25) is 5.91 Å². The molecule has 2 amide bonds. The summed E-state index contributed by atoms with van der Waals surface area (Å²) in [6.07, 6.45) is 2.35. The van der Waals surface area contributed by atoms with E-state index in [1.54, 1.807) is 37.4 Å². The van der Waals surface area contributed by atoms with Crippen LogP contribution >= 0.6 is 24.0 Å². The Morgan fingerprint density at radius 1 is 1.34 bits per heavy atom. The van der Waals surface area contributed by atoms with E-state index in [-0.39, 0.29) is 37.1 Å². The maximum absolute atomic E-state index is 12.5. The minimum atomic E-state index is -0.877. The van der Waals surface area contributed by atoms with Crippen molar-refractivity contribution in [3.05, 3.63) is 58.9 Å². The molecule has 0 bridgehead atoms. The van der Waals surface area contributed by atoms with Crippen molar-refractivity contribution in [2.24, 2.45) is 0 Å². The van der Waals surface area contributed by atoms with E-state index in [1.165, 1.54) is 40.0 Å². The lowest BCUT2D eigenvalue weighted by molar-refractivity contribution is -0.131. The topological polar surface area (TPSA) is 94.2 Å². The summed E-state index contributed by atoms with van der Waals surface area (Å²) >= 11 is 6.44. The number of aliphatic hydroxyl groups is 1. The highest BCUT2D eigenvalue weighted by Gasteiger charge is 2.32. The average Bonchev–Trinajstić information content (AvgIpc) is 3.29. The molecule has 1 aliphatic rings. The highest BCUT2D eigenvalue weighted by molar-refractivity contribution is 8.26. The van der Waals surface area contributed by atoms with Crippen molar-refractivity contribution >= 4 is 46.2 Å². The Morgan fingerprint density at radius 2 is 2.07 bits per heavy atom. The lowest BCUT2D eigenvalue weighted by atomic mass is 10.1. The Labute approximate surface area is 177 Å². The van der Waals surface area contributed by atoms with Gasteiger partial charge in [-0.3, -0.25) is 14.5 Å². The summed E-state index contributed by atoms with van der Waals surface area (Å²) in [5.41, 5.74) is 0.599. The van der Waals surface area contributed by atoms with E-state index >= 15 is 0 Å². The van der Waals surface area contributed by atoms with Crippen molar-refractivity contribution < 1.29 is 24.2 Å². The van der Waals surface area contributed by atoms with Crippen LogP contribution in [0.3, 0.4) is 0 Å². The fourth-order valence-corrected chi connectivity index (χ4v) is 4.05. The number of amides is 2. The number of nitrogens with zero attached hydrogens (tertiary/aromatic N) is 2. The molecule has 152 valence electrons. The van der Waals surface area contributed by atoms with Gasteiger partial charge in [0.1, 0.15) is 15.8 Å². The Morgan fingerprint density at radius 3 is 2.72 bits per heavy atom. The standard InChI is InChI=1S/C20H20N2O5S2/c1-21(12-16(24)13-4-6-14(23)7-5-13)18(25)8-9-22-19(26)17(29-20(22)28)11-15-3-2-10-27-15/h2-7,10-11,16,23-24H,8-9,12H2,1H3/b17-11+/t16-/m1/s1. The number of benzene rings is 1. The number of likely N-dealkylation sites (N-methyl/N-ethyl adjacent to an activating group) is 1. The zero-order chi connectivity index (χ0) is 21.0. The van der Waals surface area contributed by atoms with Gasteiger partial charge in [0.25, 0.3) is 5.91 Å². The number of thiocarbonyl (C=S) groups is 1. The summed E-state index contributed by atoms with van der Waals surface area (Å²) < 4.78 is 5.62. The second-order valence-electron chi connectivity index (χ2n) is 6.48. The molecule has 0 spiro atoms. The monoisotopic (exact) mass is 432 g/mol. The Bertz CT molecular complexity index is 925. The molecule has 2 aromatic rings. The smallest absolute Gasteiger partial charge is 0.266 e. The van der Waals surface area contributed by atoms with Gasteiger partial charge in [-0.05, 0) is 29.8 Å². The third-order valence-electron chi connectivity index (χ3n) is 4.39. The summed E-state index contributed by atoms with van der Waals surface area (Å²) in [7, 11) is 1.59. The van der Waals surface area contributed by atoms with Gasteiger partial charge < -0.3 is 19.5 Å². The summed E-state index contributed by atoms with van der Waals surface area (Å²) in [4.78, 5) is 28.2. The van der Waals surface area contributed by atoms with Crippen LogP contribution in [-0.2, 0) is 9.59 Å². The van der Waals surface area contributed by atoms with Gasteiger partial charge in [-0.1, -0.05) is 36.1 Å². The van der Waals surface area contributed by atoms with Crippen LogP contribution in [0.15, 0.2) is 52.0 Å². The van der Waals surface area contributed by atoms with Crippen molar-refractivity contribution in [3.63, 3.8) is 0 Å². The van der Waals surface area contributed by atoms with E-state index in [1.807, 2.05) is 0 Å². The molecule has 29 heavy (non-hydrogen) atoms. The Hall–Kier alpha value is -2.62. The SMILES string of the molecule is CN(C[C@@H](O)c1ccc(O)cc1)C(=O)CCN1C(=O)/C(=C\c2ccco2)SC1=S. The van der Waals surface area contributed by atoms with Crippen molar-refractivity contribution in [1.29, 1.82) is 0 Å². The van der Waals surface area contributed by atoms with Crippen LogP contribution in [0, 0.1) is 0 Å². The van der Waals surface area contributed by atoms with Crippen LogP contribution in [0.1, 0.15) is 23.8 Å². The predicted octanol–water partition coefficient (Wildman–Crippen LogP) is 2.77. The lowest BCUT2D eigenvalue weighted by Crippen LogP contribution is -2.36. The van der Waals surface area contributed by atoms with E-state index in [0.29, 0.717) is 20.5 Å². The number of phenols is 1. The molecule has 1 fully saturated rings. The molecule has 1 atom stereocenters. The van der Waals surface area contributed by atoms with Crippen LogP contribution in [0.25, 0.3) is 6.08 Å². The first-order valence-electron chi connectivity index (χ1n) is 8.85. The summed E-state index contributed by atoms with van der Waals surface area (Å²) in [6, 6.07) is 9.63. The molecule has 0 radical (unpaired) electrons. The van der Waals surface area contributed by atoms with Crippen LogP contribution < -0.4 is 0 Å². The molecule has 3 rings (SSSR count). The Balaban J connectivity index is 1.53. The van der Waals surface area contributed by atoms with Crippen LogP contribution in [0.4, 0.5) is 0 Å². The molecule has 1 saturated heterocycles. The molecule has 0 aliphatic carbocycles. The van der Waals surface area contributed by atoms with Gasteiger partial charge in [0.15, 0.2) is 0 Å². The first-order valence-corrected chi connectivity index (χ1v) is 10.1. The predicted molar refractivity (Wildman–Crippen MR) is 114 cm³/mol. The average molecular weight is 433 g/mol. The summed E-state index contributed by atoms with van der Waals surface area (Å²) in [5.74, 6) is 0.197. The first kappa shape index (κ1) is 21.1. The second kappa shape index (κ2) is 9.25. The van der Waals surface area contributed by atoms with E-state index in [9.17, 15) is 19.8 Å². The highest BCUT2D eigenvalue weighted by atomic mass is 32.2. The van der Waals surface area contributed by atoms with Crippen LogP contribution in [0.2, 0.25) is 0 Å². The van der Waals surface area contributed by atoms with E-state index in [0.717, 1.165) is 0 Å². The van der Waals surface area contributed by atoms with Gasteiger partial charge in [-0.25, -0.2) is 0 Å². The number of aromatic hydroxyl groups is 1. The number of hydrogen-bond acceptors (Lipinski definition) is 7. The fraction of sp³-hybridized carbons (Fsp3) is 0.250. The maximum atomic E-state index is 12.5. The largest absolute Gasteiger partial charge is 0.508 e. The van der Waals surface area contributed by atoms with Gasteiger partial charge in [-0.2, -0.15) is 0 Å². The number of hydrogen-bond donors (Lipinski definition) is 2. The third-order valence-corrected chi connectivity index (χ3v) is 5.77. The summed E-state index contributed by atoms with van der Waals surface area (Å²) in [5, 5.41) is 19.6. The van der Waals surface area contributed by atoms with Gasteiger partial charge in [-0.15, -0.1) is 0 Å². The van der Waals surface area contributed by atoms with Crippen molar-refractivity contribution in [2.75, 3.05) is 20.1 Å². The minimum absolute atomic E-state index is 0.0826. The van der Waals surface area contributed by atoms with Crippen LogP contribution in [0.5, 0.6) is 5.75 Å². The lowest BCUT2D eigenvalue weighted by Gasteiger charge is -2.22. The molecule has 7 nitrogen and oxygen atoms in total. The van der Waals surface area contributed by atoms with E-state index in [4.69, 9.17) is 16.6 Å². The normalized spacial score (nSPS) is 16.5. The maximum Gasteiger partial charge on any atom is 0.266 e. The summed E-state index contributed by atoms with van der Waals surface area (Å²) in [6.45, 7) is 0.263. The Kier molecular flexibility index (Phi) is 6.73. The number of phenolic OH excluding ortho intramolecular Hbond substituents is 1. The van der Waals surface area contributed by atoms with Crippen molar-refractivity contribution in [1.82, 2.24) is 9.80 Å². The molecule has 1 aromatic carbocycles. The fourth-order valence-electron chi connectivity index (χ4n) is 2.76. The third kappa shape index (κ3) is 5.26. The number of aliphatic hydroxyl groups excluding tert-OH is 1. The number of rotatable bonds is 7. The number of carbonyl (C=O) groups is 2. The zero-order valence-corrected chi connectivity index (χ0v) is 17.3. The molecular formula is C20H20N2O5S2. The first-order chi connectivity index (χ1) is 13.8. The van der Waals surface area contributed by atoms with Gasteiger partial charge >= 0.3 is 0 Å². The van der Waals surface area contributed by atoms with Gasteiger partial charge in [0.05, 0.1) is 23.8 Å². The molecule has 9 heteroatoms. The number of furan rings is 1. The molecule has 2 heterocycles. The number of thioether (sulfide) groups is 1. The molecular weight excluding hydrogens is 412 g/mol. The quantitative estimate of drug-likeness (QED) is 0.513. The molecule has 2 N–H and O–H groups in total. The number of carbonyl (C=O) groups excluding carboxylic acids is 2. The van der Waals surface area contributed by atoms with Crippen LogP contribution in [-0.4, -0.2) is 56.3 Å². The molecule has 1 aliphatic heterocycles. The van der Waals surface area contributed by atoms with E-state index < -0.39 is 6.10 Å². The minimum Gasteiger partial charge on any atom is -0.508 e. The second-order valence-corrected chi connectivity index (χ2v) is 8.16. The van der Waals surface area contributed by atoms with Crippen molar-refractivity contribution in [3.8, 4) is 5.75 Å². The molecule has 0 saturated carbocycles. The molecule has 1 aromatic heterocycles. The zero-order valence-electron chi connectivity index (χ0n) is 15.6. The van der Waals surface area contributed by atoms with Gasteiger partial charge in [0, 0.05) is 26.1 Å². The highest BCUT2D eigenvalue weighted by Crippen LogP contribution is 2.32. The van der Waals surface area contributed by atoms with Crippen molar-refractivity contribution in [2.45, 2.75) is 12.5 Å². The molecule has 0 unspecified atom stereocenters.